The fourth-order valence-electron chi connectivity index (χ4n) is 3.59. The van der Waals surface area contributed by atoms with E-state index in [0.717, 1.165) is 22.3 Å². The van der Waals surface area contributed by atoms with Crippen LogP contribution in [0.4, 0.5) is 0 Å². The molecule has 0 radical (unpaired) electrons. The lowest BCUT2D eigenvalue weighted by Gasteiger charge is -2.36. The third kappa shape index (κ3) is 3.92. The topological polar surface area (TPSA) is 57.6 Å². The Morgan fingerprint density at radius 3 is 2.00 bits per heavy atom. The molecule has 3 aromatic rings. The largest absolute Gasteiger partial charge is 0.479 e. The lowest BCUT2D eigenvalue weighted by Crippen LogP contribution is -2.50. The van der Waals surface area contributed by atoms with Gasteiger partial charge in [0.2, 0.25) is 0 Å². The van der Waals surface area contributed by atoms with E-state index in [1.807, 2.05) is 68.4 Å². The van der Waals surface area contributed by atoms with Crippen LogP contribution >= 0.6 is 0 Å². The van der Waals surface area contributed by atoms with Gasteiger partial charge in [0.25, 0.3) is 5.91 Å². The monoisotopic (exact) mass is 387 g/mol. The number of aryl methyl sites for hydroxylation is 2. The highest BCUT2D eigenvalue weighted by molar-refractivity contribution is 5.98. The summed E-state index contributed by atoms with van der Waals surface area (Å²) in [7, 11) is 1.54. The first kappa shape index (κ1) is 20.3. The van der Waals surface area contributed by atoms with Gasteiger partial charge >= 0.3 is 5.97 Å². The molecule has 0 aromatic heterocycles. The summed E-state index contributed by atoms with van der Waals surface area (Å²) in [5.74, 6) is -1.41. The van der Waals surface area contributed by atoms with Crippen LogP contribution in [0.1, 0.15) is 34.0 Å². The molecule has 0 bridgehead atoms. The molecule has 1 N–H and O–H groups in total. The molecule has 4 heteroatoms. The quantitative estimate of drug-likeness (QED) is 0.667. The van der Waals surface area contributed by atoms with Gasteiger partial charge in [-0.05, 0) is 55.7 Å². The molecule has 0 saturated heterocycles. The number of carbonyl (C=O) groups excluding carboxylic acids is 1. The lowest BCUT2D eigenvalue weighted by atomic mass is 9.87. The van der Waals surface area contributed by atoms with Crippen molar-refractivity contribution in [2.75, 3.05) is 7.05 Å². The zero-order chi connectivity index (χ0) is 21.2. The number of aliphatic carboxylic acids is 1. The Morgan fingerprint density at radius 2 is 1.41 bits per heavy atom. The van der Waals surface area contributed by atoms with Crippen molar-refractivity contribution in [3.63, 3.8) is 0 Å². The van der Waals surface area contributed by atoms with Crippen LogP contribution in [-0.2, 0) is 10.3 Å². The number of carboxylic acids is 1. The second-order valence-electron chi connectivity index (χ2n) is 7.56. The van der Waals surface area contributed by atoms with E-state index in [-0.39, 0.29) is 5.91 Å². The summed E-state index contributed by atoms with van der Waals surface area (Å²) >= 11 is 0. The normalized spacial score (nSPS) is 12.8. The number of hydrogen-bond donors (Lipinski definition) is 1. The van der Waals surface area contributed by atoms with Gasteiger partial charge in [-0.3, -0.25) is 4.79 Å². The van der Waals surface area contributed by atoms with Crippen LogP contribution in [0.3, 0.4) is 0 Å². The van der Waals surface area contributed by atoms with Crippen LogP contribution in [-0.4, -0.2) is 28.9 Å². The number of benzene rings is 3. The number of likely N-dealkylation sites (N-methyl/N-ethyl adjacent to an activating group) is 1. The second-order valence-corrected chi connectivity index (χ2v) is 7.56. The van der Waals surface area contributed by atoms with Gasteiger partial charge in [-0.1, -0.05) is 65.7 Å². The van der Waals surface area contributed by atoms with Crippen molar-refractivity contribution in [3.05, 3.63) is 95.1 Å². The van der Waals surface area contributed by atoms with Gasteiger partial charge in [-0.2, -0.15) is 0 Å². The summed E-state index contributed by atoms with van der Waals surface area (Å²) < 4.78 is 0. The standard InChI is InChI=1S/C25H25NO3/c1-17-13-18(2)15-21(14-17)23(27)26(4)25(3,24(28)29)22-12-8-11-20(16-22)19-9-6-5-7-10-19/h5-16H,1-4H3,(H,28,29)/t25-/m1/s1. The van der Waals surface area contributed by atoms with Gasteiger partial charge in [0.1, 0.15) is 0 Å². The molecule has 0 aliphatic rings. The van der Waals surface area contributed by atoms with E-state index < -0.39 is 11.5 Å². The molecule has 1 atom stereocenters. The van der Waals surface area contributed by atoms with Crippen molar-refractivity contribution < 1.29 is 14.7 Å². The molecular weight excluding hydrogens is 362 g/mol. The number of carboxylic acid groups (broad SMARTS) is 1. The molecule has 0 heterocycles. The van der Waals surface area contributed by atoms with Gasteiger partial charge < -0.3 is 10.0 Å². The van der Waals surface area contributed by atoms with E-state index in [9.17, 15) is 14.7 Å². The van der Waals surface area contributed by atoms with E-state index in [1.54, 1.807) is 32.2 Å². The van der Waals surface area contributed by atoms with Crippen LogP contribution in [0.5, 0.6) is 0 Å². The zero-order valence-electron chi connectivity index (χ0n) is 17.1. The maximum atomic E-state index is 13.2. The highest BCUT2D eigenvalue weighted by Crippen LogP contribution is 2.32. The molecular formula is C25H25NO3. The maximum absolute atomic E-state index is 13.2. The molecule has 0 unspecified atom stereocenters. The van der Waals surface area contributed by atoms with Crippen LogP contribution < -0.4 is 0 Å². The molecule has 0 fully saturated rings. The van der Waals surface area contributed by atoms with Crippen molar-refractivity contribution in [2.45, 2.75) is 26.3 Å². The van der Waals surface area contributed by atoms with E-state index in [1.165, 1.54) is 4.90 Å². The van der Waals surface area contributed by atoms with Crippen molar-refractivity contribution in [2.24, 2.45) is 0 Å². The predicted octanol–water partition coefficient (Wildman–Crippen LogP) is 5.04. The molecule has 148 valence electrons. The number of amides is 1. The fourth-order valence-corrected chi connectivity index (χ4v) is 3.59. The van der Waals surface area contributed by atoms with Crippen LogP contribution in [0.25, 0.3) is 11.1 Å². The highest BCUT2D eigenvalue weighted by Gasteiger charge is 2.42. The summed E-state index contributed by atoms with van der Waals surface area (Å²) in [5.41, 5.74) is 3.34. The van der Waals surface area contributed by atoms with Gasteiger partial charge in [0.15, 0.2) is 5.54 Å². The average Bonchev–Trinajstić information content (AvgIpc) is 2.72. The van der Waals surface area contributed by atoms with Crippen molar-refractivity contribution >= 4 is 11.9 Å². The van der Waals surface area contributed by atoms with Crippen molar-refractivity contribution in [3.8, 4) is 11.1 Å². The van der Waals surface area contributed by atoms with Gasteiger partial charge in [0.05, 0.1) is 0 Å². The Balaban J connectivity index is 2.06. The Bertz CT molecular complexity index is 1040. The maximum Gasteiger partial charge on any atom is 0.334 e. The molecule has 0 saturated carbocycles. The minimum absolute atomic E-state index is 0.327. The molecule has 3 aromatic carbocycles. The molecule has 3 rings (SSSR count). The van der Waals surface area contributed by atoms with Crippen molar-refractivity contribution in [1.82, 2.24) is 4.90 Å². The smallest absolute Gasteiger partial charge is 0.334 e. The first-order valence-electron chi connectivity index (χ1n) is 9.49. The van der Waals surface area contributed by atoms with Crippen LogP contribution in [0, 0.1) is 13.8 Å². The fraction of sp³-hybridized carbons (Fsp3) is 0.200. The first-order chi connectivity index (χ1) is 13.7. The second kappa shape index (κ2) is 7.92. The first-order valence-corrected chi connectivity index (χ1v) is 9.49. The minimum atomic E-state index is -1.51. The average molecular weight is 387 g/mol. The SMILES string of the molecule is Cc1cc(C)cc(C(=O)N(C)[C@@](C)(C(=O)O)c2cccc(-c3ccccc3)c2)c1. The third-order valence-corrected chi connectivity index (χ3v) is 5.39. The van der Waals surface area contributed by atoms with Gasteiger partial charge in [-0.25, -0.2) is 4.79 Å². The van der Waals surface area contributed by atoms with E-state index >= 15 is 0 Å². The van der Waals surface area contributed by atoms with Crippen LogP contribution in [0.15, 0.2) is 72.8 Å². The Labute approximate surface area is 171 Å². The Hall–Kier alpha value is -3.40. The number of carbonyl (C=O) groups is 2. The molecule has 0 spiro atoms. The van der Waals surface area contributed by atoms with Gasteiger partial charge in [-0.15, -0.1) is 0 Å². The summed E-state index contributed by atoms with van der Waals surface area (Å²) in [6.07, 6.45) is 0. The summed E-state index contributed by atoms with van der Waals surface area (Å²) in [6, 6.07) is 22.7. The van der Waals surface area contributed by atoms with Crippen molar-refractivity contribution in [1.29, 1.82) is 0 Å². The molecule has 29 heavy (non-hydrogen) atoms. The minimum Gasteiger partial charge on any atom is -0.479 e. The van der Waals surface area contributed by atoms with Crippen LogP contribution in [0.2, 0.25) is 0 Å². The lowest BCUT2D eigenvalue weighted by molar-refractivity contribution is -0.148. The van der Waals surface area contributed by atoms with E-state index in [4.69, 9.17) is 0 Å². The molecule has 1 amide bonds. The molecule has 0 aliphatic carbocycles. The Morgan fingerprint density at radius 1 is 0.828 bits per heavy atom. The summed E-state index contributed by atoms with van der Waals surface area (Å²) in [6.45, 7) is 5.41. The Kier molecular flexibility index (Phi) is 5.55. The van der Waals surface area contributed by atoms with E-state index in [0.29, 0.717) is 11.1 Å². The van der Waals surface area contributed by atoms with E-state index in [2.05, 4.69) is 0 Å². The zero-order valence-corrected chi connectivity index (χ0v) is 17.1. The third-order valence-electron chi connectivity index (χ3n) is 5.39. The predicted molar refractivity (Wildman–Crippen MR) is 115 cm³/mol. The highest BCUT2D eigenvalue weighted by atomic mass is 16.4. The summed E-state index contributed by atoms with van der Waals surface area (Å²) in [5, 5.41) is 10.1. The molecule has 4 nitrogen and oxygen atoms in total. The number of rotatable bonds is 5. The van der Waals surface area contributed by atoms with Gasteiger partial charge in [0, 0.05) is 12.6 Å². The molecule has 0 aliphatic heterocycles. The number of hydrogen-bond acceptors (Lipinski definition) is 2. The number of nitrogens with zero attached hydrogens (tertiary/aromatic N) is 1. The summed E-state index contributed by atoms with van der Waals surface area (Å²) in [4.78, 5) is 26.9.